The smallest absolute Gasteiger partial charge is 0.255 e. The fourth-order valence-corrected chi connectivity index (χ4v) is 4.55. The molecule has 2 aliphatic rings. The van der Waals surface area contributed by atoms with Gasteiger partial charge >= 0.3 is 0 Å². The normalized spacial score (nSPS) is 16.4. The second-order valence-electron chi connectivity index (χ2n) is 9.33. The standard InChI is InChI=1S/C28H29N3O5/c1-18-27(28(32)30-19-2-3-19)23-7-5-21(17-26(23)35-18)36-25-8-9-29-24-16-20(4-6-22(24)25)34-15-12-31-10-13-33-14-11-31/h4-9,16-17,19H,2-3,10-15H2,1H3,(H,30,32). The Balaban J connectivity index is 1.17. The third-order valence-corrected chi connectivity index (χ3v) is 6.66. The van der Waals surface area contributed by atoms with Gasteiger partial charge in [0.05, 0.1) is 24.3 Å². The SMILES string of the molecule is Cc1oc2cc(Oc3ccnc4cc(OCCN5CCOCC5)ccc34)ccc2c1C(=O)NC1CC1. The van der Waals surface area contributed by atoms with Gasteiger partial charge in [0, 0.05) is 54.8 Å². The molecule has 8 heteroatoms. The number of furan rings is 1. The second kappa shape index (κ2) is 9.79. The maximum absolute atomic E-state index is 12.7. The van der Waals surface area contributed by atoms with E-state index in [2.05, 4.69) is 15.2 Å². The third kappa shape index (κ3) is 4.87. The highest BCUT2D eigenvalue weighted by atomic mass is 16.5. The summed E-state index contributed by atoms with van der Waals surface area (Å²) in [4.78, 5) is 19.5. The number of pyridine rings is 1. The maximum Gasteiger partial charge on any atom is 0.255 e. The topological polar surface area (TPSA) is 86.1 Å². The van der Waals surface area contributed by atoms with Crippen LogP contribution in [-0.2, 0) is 4.74 Å². The maximum atomic E-state index is 12.7. The summed E-state index contributed by atoms with van der Waals surface area (Å²) in [7, 11) is 0. The van der Waals surface area contributed by atoms with E-state index in [-0.39, 0.29) is 5.91 Å². The molecule has 1 aliphatic carbocycles. The zero-order chi connectivity index (χ0) is 24.5. The van der Waals surface area contributed by atoms with Crippen LogP contribution in [0.2, 0.25) is 0 Å². The molecule has 2 aromatic carbocycles. The molecule has 1 N–H and O–H groups in total. The molecule has 1 amide bonds. The molecule has 8 nitrogen and oxygen atoms in total. The van der Waals surface area contributed by atoms with E-state index in [1.165, 1.54) is 0 Å². The number of hydrogen-bond acceptors (Lipinski definition) is 7. The van der Waals surface area contributed by atoms with Gasteiger partial charge in [-0.2, -0.15) is 0 Å². The molecule has 6 rings (SSSR count). The number of carbonyl (C=O) groups is 1. The van der Waals surface area contributed by atoms with Crippen molar-refractivity contribution in [2.45, 2.75) is 25.8 Å². The number of fused-ring (bicyclic) bond motifs is 2. The van der Waals surface area contributed by atoms with Crippen LogP contribution in [0.3, 0.4) is 0 Å². The summed E-state index contributed by atoms with van der Waals surface area (Å²) in [5.74, 6) is 2.63. The zero-order valence-corrected chi connectivity index (χ0v) is 20.3. The molecule has 2 aromatic heterocycles. The molecular formula is C28H29N3O5. The highest BCUT2D eigenvalue weighted by Gasteiger charge is 2.27. The number of morpholine rings is 1. The van der Waals surface area contributed by atoms with Crippen LogP contribution < -0.4 is 14.8 Å². The number of hydrogen-bond donors (Lipinski definition) is 1. The van der Waals surface area contributed by atoms with Crippen molar-refractivity contribution in [3.05, 3.63) is 60.0 Å². The molecule has 0 spiro atoms. The lowest BCUT2D eigenvalue weighted by atomic mass is 10.1. The van der Waals surface area contributed by atoms with E-state index in [1.54, 1.807) is 6.20 Å². The van der Waals surface area contributed by atoms with Crippen molar-refractivity contribution in [3.8, 4) is 17.2 Å². The molecule has 4 aromatic rings. The highest BCUT2D eigenvalue weighted by molar-refractivity contribution is 6.07. The van der Waals surface area contributed by atoms with Gasteiger partial charge in [-0.1, -0.05) is 0 Å². The Morgan fingerprint density at radius 2 is 1.89 bits per heavy atom. The van der Waals surface area contributed by atoms with Crippen molar-refractivity contribution in [2.75, 3.05) is 39.5 Å². The number of rotatable bonds is 8. The van der Waals surface area contributed by atoms with Crippen molar-refractivity contribution >= 4 is 27.8 Å². The number of nitrogens with one attached hydrogen (secondary N) is 1. The van der Waals surface area contributed by atoms with Gasteiger partial charge in [0.25, 0.3) is 5.91 Å². The lowest BCUT2D eigenvalue weighted by Gasteiger charge is -2.26. The van der Waals surface area contributed by atoms with E-state index >= 15 is 0 Å². The van der Waals surface area contributed by atoms with Crippen molar-refractivity contribution in [3.63, 3.8) is 0 Å². The summed E-state index contributed by atoms with van der Waals surface area (Å²) in [6.07, 6.45) is 3.81. The van der Waals surface area contributed by atoms with Crippen LogP contribution in [0.1, 0.15) is 29.0 Å². The summed E-state index contributed by atoms with van der Waals surface area (Å²) in [6.45, 7) is 6.77. The number of benzene rings is 2. The lowest BCUT2D eigenvalue weighted by Crippen LogP contribution is -2.38. The summed E-state index contributed by atoms with van der Waals surface area (Å²) >= 11 is 0. The van der Waals surface area contributed by atoms with Crippen molar-refractivity contribution in [1.82, 2.24) is 15.2 Å². The van der Waals surface area contributed by atoms with Crippen LogP contribution in [0, 0.1) is 6.92 Å². The molecule has 0 radical (unpaired) electrons. The van der Waals surface area contributed by atoms with Gasteiger partial charge in [0.2, 0.25) is 0 Å². The fourth-order valence-electron chi connectivity index (χ4n) is 4.55. The number of ether oxygens (including phenoxy) is 3. The Labute approximate surface area is 209 Å². The minimum atomic E-state index is -0.0782. The molecule has 1 aliphatic heterocycles. The average Bonchev–Trinajstić information content (AvgIpc) is 3.63. The van der Waals surface area contributed by atoms with Gasteiger partial charge < -0.3 is 23.9 Å². The summed E-state index contributed by atoms with van der Waals surface area (Å²) < 4.78 is 23.5. The third-order valence-electron chi connectivity index (χ3n) is 6.66. The van der Waals surface area contributed by atoms with Crippen LogP contribution in [0.25, 0.3) is 21.9 Å². The first-order chi connectivity index (χ1) is 17.6. The van der Waals surface area contributed by atoms with Gasteiger partial charge in [-0.3, -0.25) is 14.7 Å². The predicted molar refractivity (Wildman–Crippen MR) is 136 cm³/mol. The molecule has 1 saturated heterocycles. The Morgan fingerprint density at radius 3 is 2.72 bits per heavy atom. The highest BCUT2D eigenvalue weighted by Crippen LogP contribution is 2.34. The van der Waals surface area contributed by atoms with Crippen molar-refractivity contribution in [1.29, 1.82) is 0 Å². The minimum absolute atomic E-state index is 0.0782. The molecule has 36 heavy (non-hydrogen) atoms. The van der Waals surface area contributed by atoms with Gasteiger partial charge in [0.1, 0.15) is 35.2 Å². The molecule has 0 atom stereocenters. The fraction of sp³-hybridized carbons (Fsp3) is 0.357. The molecule has 2 fully saturated rings. The first-order valence-electron chi connectivity index (χ1n) is 12.5. The number of nitrogens with zero attached hydrogens (tertiary/aromatic N) is 2. The quantitative estimate of drug-likeness (QED) is 0.386. The van der Waals surface area contributed by atoms with E-state index in [4.69, 9.17) is 18.6 Å². The van der Waals surface area contributed by atoms with Gasteiger partial charge in [-0.15, -0.1) is 0 Å². The number of aryl methyl sites for hydroxylation is 1. The second-order valence-corrected chi connectivity index (χ2v) is 9.33. The average molecular weight is 488 g/mol. The Hall–Kier alpha value is -3.62. The van der Waals surface area contributed by atoms with Gasteiger partial charge in [0.15, 0.2) is 0 Å². The van der Waals surface area contributed by atoms with Crippen LogP contribution in [0.4, 0.5) is 0 Å². The lowest BCUT2D eigenvalue weighted by molar-refractivity contribution is 0.0322. The van der Waals surface area contributed by atoms with Crippen molar-refractivity contribution < 1.29 is 23.4 Å². The first-order valence-corrected chi connectivity index (χ1v) is 12.5. The van der Waals surface area contributed by atoms with Crippen LogP contribution in [0.5, 0.6) is 17.2 Å². The minimum Gasteiger partial charge on any atom is -0.492 e. The van der Waals surface area contributed by atoms with Gasteiger partial charge in [-0.05, 0) is 50.1 Å². The van der Waals surface area contributed by atoms with E-state index in [0.717, 1.165) is 67.7 Å². The largest absolute Gasteiger partial charge is 0.492 e. The van der Waals surface area contributed by atoms with E-state index in [0.29, 0.717) is 41.1 Å². The van der Waals surface area contributed by atoms with Crippen LogP contribution >= 0.6 is 0 Å². The van der Waals surface area contributed by atoms with Crippen molar-refractivity contribution in [2.24, 2.45) is 0 Å². The van der Waals surface area contributed by atoms with E-state index in [1.807, 2.05) is 49.4 Å². The Bertz CT molecular complexity index is 1410. The number of carbonyl (C=O) groups excluding carboxylic acids is 1. The Morgan fingerprint density at radius 1 is 1.08 bits per heavy atom. The molecule has 0 bridgehead atoms. The number of aromatic nitrogens is 1. The Kier molecular flexibility index (Phi) is 6.21. The van der Waals surface area contributed by atoms with E-state index < -0.39 is 0 Å². The molecular weight excluding hydrogens is 458 g/mol. The number of amides is 1. The summed E-state index contributed by atoms with van der Waals surface area (Å²) in [6, 6.07) is 13.6. The summed E-state index contributed by atoms with van der Waals surface area (Å²) in [5.41, 5.74) is 2.02. The monoisotopic (exact) mass is 487 g/mol. The van der Waals surface area contributed by atoms with Gasteiger partial charge in [-0.25, -0.2) is 0 Å². The molecule has 1 saturated carbocycles. The van der Waals surface area contributed by atoms with E-state index in [9.17, 15) is 4.79 Å². The van der Waals surface area contributed by atoms with Crippen LogP contribution in [-0.4, -0.2) is 61.3 Å². The molecule has 186 valence electrons. The molecule has 3 heterocycles. The first kappa shape index (κ1) is 22.8. The predicted octanol–water partition coefficient (Wildman–Crippen LogP) is 4.68. The zero-order valence-electron chi connectivity index (χ0n) is 20.3. The van der Waals surface area contributed by atoms with Crippen LogP contribution in [0.15, 0.2) is 53.1 Å². The molecule has 0 unspecified atom stereocenters. The summed E-state index contributed by atoms with van der Waals surface area (Å²) in [5, 5.41) is 4.72.